The summed E-state index contributed by atoms with van der Waals surface area (Å²) in [6.45, 7) is 0. The normalized spacial score (nSPS) is 11.1. The van der Waals surface area contributed by atoms with E-state index in [1.165, 1.54) is 0 Å². The Kier molecular flexibility index (Phi) is 1.91. The minimum absolute atomic E-state index is 0.0952. The fourth-order valence-corrected chi connectivity index (χ4v) is 1.93. The van der Waals surface area contributed by atoms with E-state index in [-0.39, 0.29) is 10.9 Å². The van der Waals surface area contributed by atoms with Crippen molar-refractivity contribution in [2.45, 2.75) is 0 Å². The summed E-state index contributed by atoms with van der Waals surface area (Å²) in [5, 5.41) is 9.94. The first-order valence-corrected chi connectivity index (χ1v) is 5.04. The van der Waals surface area contributed by atoms with Gasteiger partial charge in [-0.15, -0.1) is 0 Å². The molecule has 0 atom stereocenters. The Hall–Kier alpha value is -1.94. The molecule has 0 bridgehead atoms. The Balaban J connectivity index is 2.40. The number of aromatic hydroxyl groups is 1. The summed E-state index contributed by atoms with van der Waals surface area (Å²) >= 11 is 5.97. The van der Waals surface area contributed by atoms with E-state index in [4.69, 9.17) is 16.0 Å². The minimum atomic E-state index is 0.0952. The highest BCUT2D eigenvalue weighted by Crippen LogP contribution is 2.30. The van der Waals surface area contributed by atoms with Crippen LogP contribution in [0.3, 0.4) is 0 Å². The van der Waals surface area contributed by atoms with Crippen molar-refractivity contribution in [2.75, 3.05) is 0 Å². The van der Waals surface area contributed by atoms with Crippen molar-refractivity contribution < 1.29 is 9.52 Å². The molecule has 0 aromatic carbocycles. The van der Waals surface area contributed by atoms with E-state index < -0.39 is 0 Å². The highest BCUT2D eigenvalue weighted by atomic mass is 35.5. The summed E-state index contributed by atoms with van der Waals surface area (Å²) in [5.41, 5.74) is 0.482. The molecule has 0 aliphatic rings. The summed E-state index contributed by atoms with van der Waals surface area (Å²) in [4.78, 5) is 4.17. The summed E-state index contributed by atoms with van der Waals surface area (Å²) in [5.74, 6) is 1.27. The third-order valence-electron chi connectivity index (χ3n) is 2.34. The van der Waals surface area contributed by atoms with Crippen molar-refractivity contribution in [2.24, 2.45) is 0 Å². The summed E-state index contributed by atoms with van der Waals surface area (Å²) in [6.07, 6.45) is 3.33. The van der Waals surface area contributed by atoms with Crippen LogP contribution in [0, 0.1) is 0 Å². The number of halogens is 1. The Labute approximate surface area is 95.7 Å². The molecule has 0 amide bonds. The molecule has 3 aromatic rings. The minimum Gasteiger partial charge on any atom is -0.506 e. The van der Waals surface area contributed by atoms with Gasteiger partial charge in [-0.05, 0) is 24.3 Å². The topological polar surface area (TPSA) is 50.7 Å². The number of pyridine rings is 1. The zero-order chi connectivity index (χ0) is 11.1. The molecule has 0 radical (unpaired) electrons. The van der Waals surface area contributed by atoms with Crippen molar-refractivity contribution >= 4 is 17.1 Å². The summed E-state index contributed by atoms with van der Waals surface area (Å²) in [6, 6.07) is 6.84. The Morgan fingerprint density at radius 2 is 2.19 bits per heavy atom. The Morgan fingerprint density at radius 1 is 1.31 bits per heavy atom. The van der Waals surface area contributed by atoms with Crippen molar-refractivity contribution in [3.05, 3.63) is 41.9 Å². The smallest absolute Gasteiger partial charge is 0.182 e. The van der Waals surface area contributed by atoms with E-state index in [1.54, 1.807) is 41.1 Å². The SMILES string of the molecule is Oc1cccn2c(-c3ccco3)nc(Cl)c12. The zero-order valence-corrected chi connectivity index (χ0v) is 8.85. The van der Waals surface area contributed by atoms with Crippen molar-refractivity contribution in [3.63, 3.8) is 0 Å². The lowest BCUT2D eigenvalue weighted by Crippen LogP contribution is -1.86. The quantitative estimate of drug-likeness (QED) is 0.704. The monoisotopic (exact) mass is 234 g/mol. The molecule has 0 aliphatic heterocycles. The summed E-state index contributed by atoms with van der Waals surface area (Å²) in [7, 11) is 0. The predicted octanol–water partition coefficient (Wildman–Crippen LogP) is 2.95. The van der Waals surface area contributed by atoms with E-state index in [2.05, 4.69) is 4.98 Å². The lowest BCUT2D eigenvalue weighted by molar-refractivity contribution is 0.479. The molecule has 4 nitrogen and oxygen atoms in total. The van der Waals surface area contributed by atoms with Gasteiger partial charge in [0.05, 0.1) is 6.26 Å². The van der Waals surface area contributed by atoms with Gasteiger partial charge in [-0.3, -0.25) is 4.40 Å². The molecule has 0 unspecified atom stereocenters. The van der Waals surface area contributed by atoms with Crippen LogP contribution in [0.25, 0.3) is 17.1 Å². The van der Waals surface area contributed by atoms with Crippen LogP contribution in [-0.2, 0) is 0 Å². The highest BCUT2D eigenvalue weighted by molar-refractivity contribution is 6.33. The Bertz CT molecular complexity index is 643. The average Bonchev–Trinajstić information content (AvgIpc) is 2.86. The van der Waals surface area contributed by atoms with Crippen LogP contribution in [0.5, 0.6) is 5.75 Å². The molecule has 1 N–H and O–H groups in total. The number of imidazole rings is 1. The fourth-order valence-electron chi connectivity index (χ4n) is 1.66. The molecule has 3 aromatic heterocycles. The second kappa shape index (κ2) is 3.28. The predicted molar refractivity (Wildman–Crippen MR) is 59.6 cm³/mol. The van der Waals surface area contributed by atoms with Crippen LogP contribution in [0.1, 0.15) is 0 Å². The standard InChI is InChI=1S/C11H7ClN2O2/c12-10-9-7(15)3-1-5-14(9)11(13-10)8-4-2-6-16-8/h1-6,15H. The largest absolute Gasteiger partial charge is 0.506 e. The van der Waals surface area contributed by atoms with Gasteiger partial charge in [-0.2, -0.15) is 0 Å². The molecule has 0 saturated heterocycles. The van der Waals surface area contributed by atoms with Crippen LogP contribution < -0.4 is 0 Å². The number of furan rings is 1. The van der Waals surface area contributed by atoms with E-state index in [9.17, 15) is 5.11 Å². The number of nitrogens with zero attached hydrogens (tertiary/aromatic N) is 2. The number of hydrogen-bond acceptors (Lipinski definition) is 3. The molecule has 3 heterocycles. The van der Waals surface area contributed by atoms with Gasteiger partial charge in [0.15, 0.2) is 16.7 Å². The number of hydrogen-bond donors (Lipinski definition) is 1. The average molecular weight is 235 g/mol. The maximum atomic E-state index is 9.69. The molecule has 80 valence electrons. The lowest BCUT2D eigenvalue weighted by Gasteiger charge is -1.98. The van der Waals surface area contributed by atoms with E-state index in [0.29, 0.717) is 17.1 Å². The van der Waals surface area contributed by atoms with E-state index >= 15 is 0 Å². The van der Waals surface area contributed by atoms with Crippen LogP contribution in [0.2, 0.25) is 5.15 Å². The van der Waals surface area contributed by atoms with Crippen molar-refractivity contribution in [1.29, 1.82) is 0 Å². The fraction of sp³-hybridized carbons (Fsp3) is 0. The van der Waals surface area contributed by atoms with Gasteiger partial charge in [-0.25, -0.2) is 4.98 Å². The molecule has 0 spiro atoms. The van der Waals surface area contributed by atoms with Gasteiger partial charge >= 0.3 is 0 Å². The molecule has 16 heavy (non-hydrogen) atoms. The van der Waals surface area contributed by atoms with Crippen molar-refractivity contribution in [1.82, 2.24) is 9.38 Å². The van der Waals surface area contributed by atoms with Gasteiger partial charge in [-0.1, -0.05) is 11.6 Å². The first kappa shape index (κ1) is 9.30. The van der Waals surface area contributed by atoms with Gasteiger partial charge in [0.25, 0.3) is 0 Å². The maximum Gasteiger partial charge on any atom is 0.182 e. The number of fused-ring (bicyclic) bond motifs is 1. The molecule has 0 saturated carbocycles. The van der Waals surface area contributed by atoms with Crippen LogP contribution in [0.4, 0.5) is 0 Å². The molecular formula is C11H7ClN2O2. The molecule has 3 rings (SSSR count). The zero-order valence-electron chi connectivity index (χ0n) is 8.09. The molecule has 5 heteroatoms. The van der Waals surface area contributed by atoms with Crippen molar-refractivity contribution in [3.8, 4) is 17.3 Å². The lowest BCUT2D eigenvalue weighted by atomic mass is 10.4. The van der Waals surface area contributed by atoms with Gasteiger partial charge in [0, 0.05) is 6.20 Å². The summed E-state index contributed by atoms with van der Waals surface area (Å²) < 4.78 is 6.95. The molecular weight excluding hydrogens is 228 g/mol. The first-order valence-electron chi connectivity index (χ1n) is 4.67. The van der Waals surface area contributed by atoms with Gasteiger partial charge in [0.2, 0.25) is 0 Å². The van der Waals surface area contributed by atoms with Gasteiger partial charge < -0.3 is 9.52 Å². The number of rotatable bonds is 1. The maximum absolute atomic E-state index is 9.69. The van der Waals surface area contributed by atoms with E-state index in [1.807, 2.05) is 0 Å². The van der Waals surface area contributed by atoms with E-state index in [0.717, 1.165) is 0 Å². The second-order valence-electron chi connectivity index (χ2n) is 3.32. The second-order valence-corrected chi connectivity index (χ2v) is 3.67. The third kappa shape index (κ3) is 1.20. The van der Waals surface area contributed by atoms with Crippen LogP contribution in [-0.4, -0.2) is 14.5 Å². The molecule has 0 fully saturated rings. The van der Waals surface area contributed by atoms with Gasteiger partial charge in [0.1, 0.15) is 11.3 Å². The molecule has 0 aliphatic carbocycles. The number of aromatic nitrogens is 2. The first-order chi connectivity index (χ1) is 7.77. The third-order valence-corrected chi connectivity index (χ3v) is 2.61. The van der Waals surface area contributed by atoms with Crippen LogP contribution >= 0.6 is 11.6 Å². The Morgan fingerprint density at radius 3 is 2.94 bits per heavy atom. The van der Waals surface area contributed by atoms with Crippen LogP contribution in [0.15, 0.2) is 41.1 Å². The highest BCUT2D eigenvalue weighted by Gasteiger charge is 2.15.